The number of carbonyl (C=O) groups is 1. The van der Waals surface area contributed by atoms with Gasteiger partial charge in [-0.25, -0.2) is 9.78 Å². The molecule has 2 heterocycles. The van der Waals surface area contributed by atoms with E-state index < -0.39 is 0 Å². The Morgan fingerprint density at radius 1 is 1.15 bits per heavy atom. The summed E-state index contributed by atoms with van der Waals surface area (Å²) in [7, 11) is 0. The fourth-order valence-electron chi connectivity index (χ4n) is 3.22. The number of amides is 2. The summed E-state index contributed by atoms with van der Waals surface area (Å²) in [4.78, 5) is 18.8. The molecule has 5 nitrogen and oxygen atoms in total. The molecular weight excluding hydrogens is 326 g/mol. The Hall–Kier alpha value is -3.08. The van der Waals surface area contributed by atoms with Gasteiger partial charge < -0.3 is 15.0 Å². The number of hydrogen-bond acceptors (Lipinski definition) is 3. The molecule has 3 aromatic rings. The number of likely N-dealkylation sites (tertiary alicyclic amines) is 1. The first kappa shape index (κ1) is 16.4. The van der Waals surface area contributed by atoms with Crippen LogP contribution in [0.15, 0.2) is 60.7 Å². The molecule has 1 aromatic heterocycles. The number of aryl methyl sites for hydroxylation is 1. The van der Waals surface area contributed by atoms with Gasteiger partial charge in [-0.15, -0.1) is 0 Å². The normalized spacial score (nSPS) is 16.7. The van der Waals surface area contributed by atoms with Gasteiger partial charge in [-0.1, -0.05) is 30.3 Å². The number of fused-ring (bicyclic) bond motifs is 1. The summed E-state index contributed by atoms with van der Waals surface area (Å²) in [6.07, 6.45) is 0.766. The minimum Gasteiger partial charge on any atom is -0.472 e. The first-order valence-corrected chi connectivity index (χ1v) is 8.82. The quantitative estimate of drug-likeness (QED) is 0.771. The van der Waals surface area contributed by atoms with Crippen LogP contribution in [0, 0.1) is 6.92 Å². The zero-order valence-corrected chi connectivity index (χ0v) is 14.7. The van der Waals surface area contributed by atoms with E-state index in [9.17, 15) is 4.79 Å². The standard InChI is InChI=1S/C21H21N3O2/c1-15-5-4-7-17(13-15)22-21(25)24-12-11-18(14-24)26-20-10-9-16-6-2-3-8-19(16)23-20/h2-10,13,18H,11-12,14H2,1H3,(H,22,25)/t18-/m0/s1. The Morgan fingerprint density at radius 3 is 2.92 bits per heavy atom. The first-order chi connectivity index (χ1) is 12.7. The van der Waals surface area contributed by atoms with Gasteiger partial charge in [0.15, 0.2) is 0 Å². The summed E-state index contributed by atoms with van der Waals surface area (Å²) in [5.74, 6) is 0.606. The smallest absolute Gasteiger partial charge is 0.321 e. The molecule has 1 fully saturated rings. The van der Waals surface area contributed by atoms with Gasteiger partial charge in [-0.3, -0.25) is 0 Å². The first-order valence-electron chi connectivity index (χ1n) is 8.82. The maximum Gasteiger partial charge on any atom is 0.321 e. The van der Waals surface area contributed by atoms with E-state index in [1.165, 1.54) is 0 Å². The number of nitrogens with one attached hydrogen (secondary N) is 1. The van der Waals surface area contributed by atoms with E-state index in [1.807, 2.05) is 67.6 Å². The zero-order chi connectivity index (χ0) is 17.9. The molecule has 1 N–H and O–H groups in total. The van der Waals surface area contributed by atoms with Crippen molar-refractivity contribution in [2.45, 2.75) is 19.4 Å². The molecule has 0 spiro atoms. The van der Waals surface area contributed by atoms with E-state index in [0.29, 0.717) is 19.0 Å². The van der Waals surface area contributed by atoms with Crippen LogP contribution in [0.1, 0.15) is 12.0 Å². The topological polar surface area (TPSA) is 54.5 Å². The van der Waals surface area contributed by atoms with Crippen LogP contribution in [0.3, 0.4) is 0 Å². The summed E-state index contributed by atoms with van der Waals surface area (Å²) >= 11 is 0. The van der Waals surface area contributed by atoms with Gasteiger partial charge in [0.25, 0.3) is 0 Å². The number of pyridine rings is 1. The van der Waals surface area contributed by atoms with Crippen LogP contribution < -0.4 is 10.1 Å². The third-order valence-electron chi connectivity index (χ3n) is 4.56. The van der Waals surface area contributed by atoms with Crippen molar-refractivity contribution in [2.24, 2.45) is 0 Å². The maximum atomic E-state index is 12.4. The molecule has 1 aliphatic rings. The molecule has 2 aromatic carbocycles. The molecular formula is C21H21N3O2. The van der Waals surface area contributed by atoms with Crippen molar-refractivity contribution in [3.8, 4) is 5.88 Å². The highest BCUT2D eigenvalue weighted by atomic mass is 16.5. The lowest BCUT2D eigenvalue weighted by atomic mass is 10.2. The molecule has 132 valence electrons. The van der Waals surface area contributed by atoms with Gasteiger partial charge in [0.1, 0.15) is 6.10 Å². The number of nitrogens with zero attached hydrogens (tertiary/aromatic N) is 2. The van der Waals surface area contributed by atoms with E-state index in [0.717, 1.165) is 28.6 Å². The summed E-state index contributed by atoms with van der Waals surface area (Å²) in [6, 6.07) is 19.6. The van der Waals surface area contributed by atoms with E-state index >= 15 is 0 Å². The predicted molar refractivity (Wildman–Crippen MR) is 103 cm³/mol. The number of rotatable bonds is 3. The lowest BCUT2D eigenvalue weighted by molar-refractivity contribution is 0.190. The number of benzene rings is 2. The monoisotopic (exact) mass is 347 g/mol. The van der Waals surface area contributed by atoms with Crippen molar-refractivity contribution in [3.05, 3.63) is 66.2 Å². The molecule has 5 heteroatoms. The van der Waals surface area contributed by atoms with E-state index in [2.05, 4.69) is 10.3 Å². The molecule has 0 radical (unpaired) electrons. The maximum absolute atomic E-state index is 12.4. The van der Waals surface area contributed by atoms with Gasteiger partial charge in [0.2, 0.25) is 5.88 Å². The minimum atomic E-state index is -0.0897. The minimum absolute atomic E-state index is 0.0353. The molecule has 2 amide bonds. The van der Waals surface area contributed by atoms with Crippen molar-refractivity contribution in [1.29, 1.82) is 0 Å². The molecule has 0 bridgehead atoms. The number of para-hydroxylation sites is 1. The molecule has 4 rings (SSSR count). The highest BCUT2D eigenvalue weighted by molar-refractivity contribution is 5.89. The SMILES string of the molecule is Cc1cccc(NC(=O)N2CC[C@H](Oc3ccc4ccccc4n3)C2)c1. The molecule has 1 saturated heterocycles. The number of anilines is 1. The third kappa shape index (κ3) is 3.61. The van der Waals surface area contributed by atoms with Gasteiger partial charge in [-0.05, 0) is 36.8 Å². The second-order valence-electron chi connectivity index (χ2n) is 6.62. The molecule has 0 aliphatic carbocycles. The van der Waals surface area contributed by atoms with Crippen LogP contribution in [0.4, 0.5) is 10.5 Å². The zero-order valence-electron chi connectivity index (χ0n) is 14.7. The number of ether oxygens (including phenoxy) is 1. The van der Waals surface area contributed by atoms with Crippen molar-refractivity contribution < 1.29 is 9.53 Å². The van der Waals surface area contributed by atoms with Gasteiger partial charge in [-0.2, -0.15) is 0 Å². The van der Waals surface area contributed by atoms with Gasteiger partial charge in [0.05, 0.1) is 12.1 Å². The van der Waals surface area contributed by atoms with Crippen molar-refractivity contribution in [3.63, 3.8) is 0 Å². The van der Waals surface area contributed by atoms with Crippen LogP contribution >= 0.6 is 0 Å². The number of carbonyl (C=O) groups excluding carboxylic acids is 1. The number of aromatic nitrogens is 1. The highest BCUT2D eigenvalue weighted by Crippen LogP contribution is 2.21. The molecule has 26 heavy (non-hydrogen) atoms. The predicted octanol–water partition coefficient (Wildman–Crippen LogP) is 4.23. The lowest BCUT2D eigenvalue weighted by Gasteiger charge is -2.18. The van der Waals surface area contributed by atoms with Crippen molar-refractivity contribution in [1.82, 2.24) is 9.88 Å². The second kappa shape index (κ2) is 7.04. The van der Waals surface area contributed by atoms with Crippen LogP contribution in [0.25, 0.3) is 10.9 Å². The summed E-state index contributed by atoms with van der Waals surface area (Å²) in [6.45, 7) is 3.24. The average Bonchev–Trinajstić information content (AvgIpc) is 3.10. The van der Waals surface area contributed by atoms with Gasteiger partial charge in [0, 0.05) is 30.1 Å². The van der Waals surface area contributed by atoms with Crippen LogP contribution in [0.2, 0.25) is 0 Å². The third-order valence-corrected chi connectivity index (χ3v) is 4.56. The second-order valence-corrected chi connectivity index (χ2v) is 6.62. The van der Waals surface area contributed by atoms with E-state index in [1.54, 1.807) is 4.90 Å². The van der Waals surface area contributed by atoms with Crippen LogP contribution in [-0.4, -0.2) is 35.1 Å². The largest absolute Gasteiger partial charge is 0.472 e. The molecule has 1 atom stereocenters. The van der Waals surface area contributed by atoms with Crippen molar-refractivity contribution in [2.75, 3.05) is 18.4 Å². The molecule has 1 aliphatic heterocycles. The van der Waals surface area contributed by atoms with E-state index in [-0.39, 0.29) is 12.1 Å². The van der Waals surface area contributed by atoms with Crippen molar-refractivity contribution >= 4 is 22.6 Å². The lowest BCUT2D eigenvalue weighted by Crippen LogP contribution is -2.34. The fourth-order valence-corrected chi connectivity index (χ4v) is 3.22. The highest BCUT2D eigenvalue weighted by Gasteiger charge is 2.28. The Labute approximate surface area is 152 Å². The molecule has 0 unspecified atom stereocenters. The molecule has 0 saturated carbocycles. The summed E-state index contributed by atoms with van der Waals surface area (Å²) in [5.41, 5.74) is 2.85. The number of hydrogen-bond donors (Lipinski definition) is 1. The Morgan fingerprint density at radius 2 is 2.04 bits per heavy atom. The van der Waals surface area contributed by atoms with Gasteiger partial charge >= 0.3 is 6.03 Å². The Kier molecular flexibility index (Phi) is 4.44. The Balaban J connectivity index is 1.37. The van der Waals surface area contributed by atoms with Crippen LogP contribution in [-0.2, 0) is 0 Å². The summed E-state index contributed by atoms with van der Waals surface area (Å²) in [5, 5.41) is 4.04. The summed E-state index contributed by atoms with van der Waals surface area (Å²) < 4.78 is 6.00. The fraction of sp³-hybridized carbons (Fsp3) is 0.238. The van der Waals surface area contributed by atoms with Crippen LogP contribution in [0.5, 0.6) is 5.88 Å². The number of urea groups is 1. The van der Waals surface area contributed by atoms with E-state index in [4.69, 9.17) is 4.74 Å². The Bertz CT molecular complexity index is 941. The average molecular weight is 347 g/mol.